The molecule has 8 heteroatoms. The molecule has 0 aliphatic carbocycles. The van der Waals surface area contributed by atoms with E-state index < -0.39 is 19.8 Å². The molecular weight excluding hydrogens is 435 g/mol. The van der Waals surface area contributed by atoms with Gasteiger partial charge in [-0.2, -0.15) is 8.42 Å². The first-order chi connectivity index (χ1) is 10.2. The van der Waals surface area contributed by atoms with Crippen molar-refractivity contribution in [2.24, 2.45) is 3.77 Å². The highest BCUT2D eigenvalue weighted by Gasteiger charge is 2.17. The molecule has 1 atom stereocenters. The Morgan fingerprint density at radius 2 is 1.77 bits per heavy atom. The van der Waals surface area contributed by atoms with E-state index in [4.69, 9.17) is 0 Å². The smallest absolute Gasteiger partial charge is 0.259 e. The van der Waals surface area contributed by atoms with Crippen LogP contribution in [-0.2, 0) is 25.5 Å². The van der Waals surface area contributed by atoms with Crippen molar-refractivity contribution in [2.45, 2.75) is 17.6 Å². The number of aromatic nitrogens is 1. The van der Waals surface area contributed by atoms with Gasteiger partial charge >= 0.3 is 0 Å². The van der Waals surface area contributed by atoms with E-state index in [0.717, 1.165) is 9.13 Å². The van der Waals surface area contributed by atoms with E-state index >= 15 is 0 Å². The number of aryl methyl sites for hydroxylation is 1. The number of rotatable bonds is 4. The van der Waals surface area contributed by atoms with Crippen molar-refractivity contribution in [1.82, 2.24) is 4.98 Å². The largest absolute Gasteiger partial charge is 0.290 e. The lowest BCUT2D eigenvalue weighted by atomic mass is 10.2. The third-order valence-electron chi connectivity index (χ3n) is 2.81. The standard InChI is InChI=1S/C14H15IN2O3S2/c1-11-5-7-12(8-6-11)22(19,20)17-21(2,18)10-14-13(15)4-3-9-16-14/h3-9H,10H2,1-2H3. The second-order valence-electron chi connectivity index (χ2n) is 4.90. The summed E-state index contributed by atoms with van der Waals surface area (Å²) in [6, 6.07) is 9.89. The van der Waals surface area contributed by atoms with Crippen LogP contribution in [0.15, 0.2) is 51.3 Å². The normalized spacial score (nSPS) is 14.3. The molecule has 1 heterocycles. The van der Waals surface area contributed by atoms with Crippen LogP contribution in [0, 0.1) is 10.5 Å². The predicted octanol–water partition coefficient (Wildman–Crippen LogP) is 2.98. The molecule has 0 saturated carbocycles. The molecule has 0 bridgehead atoms. The van der Waals surface area contributed by atoms with Crippen LogP contribution >= 0.6 is 22.6 Å². The summed E-state index contributed by atoms with van der Waals surface area (Å²) >= 11 is 2.07. The summed E-state index contributed by atoms with van der Waals surface area (Å²) in [5, 5.41) is 0. The second-order valence-corrected chi connectivity index (χ2v) is 10.3. The van der Waals surface area contributed by atoms with E-state index in [1.54, 1.807) is 24.4 Å². The Labute approximate surface area is 144 Å². The van der Waals surface area contributed by atoms with Gasteiger partial charge in [0.2, 0.25) is 0 Å². The fourth-order valence-corrected chi connectivity index (χ4v) is 5.99. The molecule has 0 fully saturated rings. The molecule has 22 heavy (non-hydrogen) atoms. The summed E-state index contributed by atoms with van der Waals surface area (Å²) in [6.07, 6.45) is 2.92. The summed E-state index contributed by atoms with van der Waals surface area (Å²) in [4.78, 5) is 4.18. The molecule has 0 aliphatic heterocycles. The van der Waals surface area contributed by atoms with Crippen LogP contribution < -0.4 is 0 Å². The van der Waals surface area contributed by atoms with E-state index in [1.165, 1.54) is 18.4 Å². The van der Waals surface area contributed by atoms with Crippen LogP contribution in [0.3, 0.4) is 0 Å². The van der Waals surface area contributed by atoms with E-state index in [9.17, 15) is 12.6 Å². The van der Waals surface area contributed by atoms with Gasteiger partial charge < -0.3 is 0 Å². The molecular formula is C14H15IN2O3S2. The Morgan fingerprint density at radius 3 is 2.36 bits per heavy atom. The van der Waals surface area contributed by atoms with Gasteiger partial charge in [-0.25, -0.2) is 4.21 Å². The minimum Gasteiger partial charge on any atom is -0.259 e. The van der Waals surface area contributed by atoms with Gasteiger partial charge in [-0.3, -0.25) is 4.98 Å². The highest BCUT2D eigenvalue weighted by atomic mass is 127. The third kappa shape index (κ3) is 4.50. The van der Waals surface area contributed by atoms with Crippen LogP contribution in [0.5, 0.6) is 0 Å². The van der Waals surface area contributed by atoms with Gasteiger partial charge in [0.1, 0.15) is 0 Å². The first-order valence-electron chi connectivity index (χ1n) is 6.32. The summed E-state index contributed by atoms with van der Waals surface area (Å²) in [7, 11) is -6.90. The van der Waals surface area contributed by atoms with Gasteiger partial charge in [0.05, 0.1) is 26.1 Å². The predicted molar refractivity (Wildman–Crippen MR) is 95.5 cm³/mol. The molecule has 0 saturated heterocycles. The summed E-state index contributed by atoms with van der Waals surface area (Å²) in [6.45, 7) is 1.86. The average Bonchev–Trinajstić information content (AvgIpc) is 2.40. The SMILES string of the molecule is Cc1ccc(S(=O)(=O)N=S(C)(=O)Cc2ncccc2I)cc1. The molecule has 0 amide bonds. The number of hydrogen-bond donors (Lipinski definition) is 0. The summed E-state index contributed by atoms with van der Waals surface area (Å²) in [5.41, 5.74) is 1.53. The fraction of sp³-hybridized carbons (Fsp3) is 0.214. The van der Waals surface area contributed by atoms with Crippen LogP contribution in [0.25, 0.3) is 0 Å². The maximum absolute atomic E-state index is 12.6. The number of hydrogen-bond acceptors (Lipinski definition) is 4. The number of pyridine rings is 1. The van der Waals surface area contributed by atoms with Crippen LogP contribution in [0.1, 0.15) is 11.3 Å². The minimum atomic E-state index is -3.95. The van der Waals surface area contributed by atoms with Crippen molar-refractivity contribution in [2.75, 3.05) is 6.26 Å². The number of nitrogens with zero attached hydrogens (tertiary/aromatic N) is 2. The zero-order valence-electron chi connectivity index (χ0n) is 12.1. The maximum atomic E-state index is 12.6. The summed E-state index contributed by atoms with van der Waals surface area (Å²) in [5.74, 6) is -0.00277. The second kappa shape index (κ2) is 6.63. The van der Waals surface area contributed by atoms with E-state index in [1.807, 2.05) is 13.0 Å². The fourth-order valence-electron chi connectivity index (χ4n) is 1.77. The summed E-state index contributed by atoms with van der Waals surface area (Å²) < 4.78 is 41.6. The first-order valence-corrected chi connectivity index (χ1v) is 10.9. The Bertz CT molecular complexity index is 900. The van der Waals surface area contributed by atoms with Gasteiger partial charge in [-0.1, -0.05) is 17.7 Å². The van der Waals surface area contributed by atoms with Gasteiger partial charge in [-0.15, -0.1) is 3.77 Å². The molecule has 2 aromatic rings. The Morgan fingerprint density at radius 1 is 1.14 bits per heavy atom. The maximum Gasteiger partial charge on any atom is 0.290 e. The van der Waals surface area contributed by atoms with Crippen molar-refractivity contribution in [3.8, 4) is 0 Å². The zero-order valence-corrected chi connectivity index (χ0v) is 15.9. The topological polar surface area (TPSA) is 76.5 Å². The number of halogens is 1. The van der Waals surface area contributed by atoms with Gasteiger partial charge in [-0.05, 0) is 53.8 Å². The molecule has 1 unspecified atom stereocenters. The molecule has 0 radical (unpaired) electrons. The van der Waals surface area contributed by atoms with Crippen molar-refractivity contribution in [1.29, 1.82) is 0 Å². The Balaban J connectivity index is 2.39. The van der Waals surface area contributed by atoms with Crippen molar-refractivity contribution in [3.63, 3.8) is 0 Å². The van der Waals surface area contributed by atoms with E-state index in [0.29, 0.717) is 5.69 Å². The molecule has 0 spiro atoms. The van der Waals surface area contributed by atoms with E-state index in [-0.39, 0.29) is 10.6 Å². The molecule has 5 nitrogen and oxygen atoms in total. The van der Waals surface area contributed by atoms with Gasteiger partial charge in [0.25, 0.3) is 10.0 Å². The lowest BCUT2D eigenvalue weighted by molar-refractivity contribution is 0.598. The van der Waals surface area contributed by atoms with Crippen molar-refractivity contribution < 1.29 is 12.6 Å². The van der Waals surface area contributed by atoms with E-state index in [2.05, 4.69) is 31.3 Å². The average molecular weight is 450 g/mol. The molecule has 0 N–H and O–H groups in total. The number of sulfonamides is 1. The van der Waals surface area contributed by atoms with Gasteiger partial charge in [0, 0.05) is 16.0 Å². The Hall–Kier alpha value is -1.000. The molecule has 118 valence electrons. The van der Waals surface area contributed by atoms with Crippen molar-refractivity contribution in [3.05, 3.63) is 57.4 Å². The highest BCUT2D eigenvalue weighted by Crippen LogP contribution is 2.18. The van der Waals surface area contributed by atoms with Crippen LogP contribution in [0.4, 0.5) is 0 Å². The Kier molecular flexibility index (Phi) is 5.23. The molecule has 1 aromatic heterocycles. The van der Waals surface area contributed by atoms with Crippen molar-refractivity contribution >= 4 is 42.3 Å². The molecule has 0 aliphatic rings. The highest BCUT2D eigenvalue weighted by molar-refractivity contribution is 14.1. The van der Waals surface area contributed by atoms with Crippen LogP contribution in [0.2, 0.25) is 0 Å². The monoisotopic (exact) mass is 450 g/mol. The number of benzene rings is 1. The quantitative estimate of drug-likeness (QED) is 0.672. The third-order valence-corrected chi connectivity index (χ3v) is 7.52. The minimum absolute atomic E-state index is 0.00277. The van der Waals surface area contributed by atoms with Gasteiger partial charge in [0.15, 0.2) is 0 Å². The zero-order chi connectivity index (χ0) is 16.4. The molecule has 1 aromatic carbocycles. The lowest BCUT2D eigenvalue weighted by Crippen LogP contribution is -2.08. The lowest BCUT2D eigenvalue weighted by Gasteiger charge is -2.06. The molecule has 2 rings (SSSR count). The first kappa shape index (κ1) is 17.4. The van der Waals surface area contributed by atoms with Crippen LogP contribution in [-0.4, -0.2) is 23.9 Å².